The Bertz CT molecular complexity index is 451. The van der Waals surface area contributed by atoms with E-state index in [1.165, 1.54) is 6.08 Å². The number of allylic oxidation sites excluding steroid dienone is 3. The molecule has 0 heterocycles. The smallest absolute Gasteiger partial charge is 0.128 e. The molecule has 1 aromatic carbocycles. The van der Waals surface area contributed by atoms with E-state index in [4.69, 9.17) is 4.74 Å². The van der Waals surface area contributed by atoms with E-state index in [0.717, 1.165) is 17.4 Å². The molecule has 0 N–H and O–H groups in total. The lowest BCUT2D eigenvalue weighted by molar-refractivity contribution is 0.286. The Balaban J connectivity index is 1.89. The standard InChI is InChI=1S/C15H16F2O/c1-11-12(9-13(16)10-15(11)17)7-8-18-14-5-3-2-4-6-14/h2-6,9-11,15H,7-8H2,1H3. The van der Waals surface area contributed by atoms with Crippen LogP contribution in [0.1, 0.15) is 13.3 Å². The monoisotopic (exact) mass is 250 g/mol. The van der Waals surface area contributed by atoms with Crippen LogP contribution in [0, 0.1) is 5.92 Å². The summed E-state index contributed by atoms with van der Waals surface area (Å²) in [6, 6.07) is 9.40. The lowest BCUT2D eigenvalue weighted by atomic mass is 9.89. The summed E-state index contributed by atoms with van der Waals surface area (Å²) in [6.45, 7) is 2.20. The van der Waals surface area contributed by atoms with Crippen molar-refractivity contribution in [3.05, 3.63) is 53.9 Å². The molecule has 18 heavy (non-hydrogen) atoms. The Kier molecular flexibility index (Phi) is 4.13. The summed E-state index contributed by atoms with van der Waals surface area (Å²) >= 11 is 0. The van der Waals surface area contributed by atoms with Crippen molar-refractivity contribution < 1.29 is 13.5 Å². The van der Waals surface area contributed by atoms with E-state index in [9.17, 15) is 8.78 Å². The normalized spacial score (nSPS) is 23.3. The molecule has 1 aliphatic carbocycles. The second-order valence-electron chi connectivity index (χ2n) is 4.42. The Labute approximate surface area is 106 Å². The molecule has 0 bridgehead atoms. The topological polar surface area (TPSA) is 9.23 Å². The van der Waals surface area contributed by atoms with Crippen molar-refractivity contribution in [2.45, 2.75) is 19.5 Å². The van der Waals surface area contributed by atoms with Crippen LogP contribution in [0.5, 0.6) is 5.75 Å². The Morgan fingerprint density at radius 2 is 1.94 bits per heavy atom. The van der Waals surface area contributed by atoms with Crippen molar-refractivity contribution in [1.29, 1.82) is 0 Å². The second kappa shape index (κ2) is 5.80. The average molecular weight is 250 g/mol. The maximum atomic E-state index is 13.4. The molecule has 0 amide bonds. The van der Waals surface area contributed by atoms with Gasteiger partial charge in [0.25, 0.3) is 0 Å². The highest BCUT2D eigenvalue weighted by Crippen LogP contribution is 2.29. The number of rotatable bonds is 4. The quantitative estimate of drug-likeness (QED) is 0.777. The number of benzene rings is 1. The number of hydrogen-bond donors (Lipinski definition) is 0. The van der Waals surface area contributed by atoms with Crippen LogP contribution in [0.25, 0.3) is 0 Å². The van der Waals surface area contributed by atoms with Gasteiger partial charge in [0.1, 0.15) is 17.7 Å². The lowest BCUT2D eigenvalue weighted by Crippen LogP contribution is -2.18. The molecule has 0 fully saturated rings. The fourth-order valence-corrected chi connectivity index (χ4v) is 1.96. The number of hydrogen-bond acceptors (Lipinski definition) is 1. The average Bonchev–Trinajstić information content (AvgIpc) is 2.36. The summed E-state index contributed by atoms with van der Waals surface area (Å²) in [6.07, 6.45) is 1.74. The largest absolute Gasteiger partial charge is 0.493 e. The number of para-hydroxylation sites is 1. The van der Waals surface area contributed by atoms with Gasteiger partial charge < -0.3 is 4.74 Å². The van der Waals surface area contributed by atoms with E-state index in [1.807, 2.05) is 30.3 Å². The van der Waals surface area contributed by atoms with Crippen LogP contribution in [-0.4, -0.2) is 12.8 Å². The van der Waals surface area contributed by atoms with Gasteiger partial charge in [-0.05, 0) is 24.3 Å². The first-order valence-electron chi connectivity index (χ1n) is 6.06. The highest BCUT2D eigenvalue weighted by atomic mass is 19.1. The van der Waals surface area contributed by atoms with E-state index in [-0.39, 0.29) is 5.92 Å². The molecule has 0 saturated heterocycles. The molecule has 0 radical (unpaired) electrons. The minimum absolute atomic E-state index is 0.274. The van der Waals surface area contributed by atoms with E-state index < -0.39 is 12.0 Å². The number of ether oxygens (including phenoxy) is 1. The van der Waals surface area contributed by atoms with Gasteiger partial charge in [0.15, 0.2) is 0 Å². The minimum Gasteiger partial charge on any atom is -0.493 e. The third-order valence-electron chi connectivity index (χ3n) is 3.11. The molecule has 0 aromatic heterocycles. The summed E-state index contributed by atoms with van der Waals surface area (Å²) in [5.41, 5.74) is 0.762. The number of halogens is 2. The van der Waals surface area contributed by atoms with Gasteiger partial charge in [-0.15, -0.1) is 0 Å². The first-order chi connectivity index (χ1) is 8.66. The van der Waals surface area contributed by atoms with Gasteiger partial charge in [-0.2, -0.15) is 0 Å². The Morgan fingerprint density at radius 3 is 2.67 bits per heavy atom. The molecule has 0 aliphatic heterocycles. The number of alkyl halides is 1. The second-order valence-corrected chi connectivity index (χ2v) is 4.42. The summed E-state index contributed by atoms with van der Waals surface area (Å²) in [4.78, 5) is 0. The van der Waals surface area contributed by atoms with Crippen LogP contribution in [0.4, 0.5) is 8.78 Å². The zero-order valence-electron chi connectivity index (χ0n) is 10.3. The van der Waals surface area contributed by atoms with Gasteiger partial charge in [-0.3, -0.25) is 0 Å². The van der Waals surface area contributed by atoms with Crippen molar-refractivity contribution in [2.24, 2.45) is 5.92 Å². The SMILES string of the molecule is CC1C(CCOc2ccccc2)=CC(F)=CC1F. The minimum atomic E-state index is -1.23. The van der Waals surface area contributed by atoms with Crippen molar-refractivity contribution in [2.75, 3.05) is 6.61 Å². The molecular formula is C15H16F2O. The van der Waals surface area contributed by atoms with Crippen LogP contribution in [0.15, 0.2) is 53.9 Å². The van der Waals surface area contributed by atoms with Gasteiger partial charge in [0.2, 0.25) is 0 Å². The summed E-state index contributed by atoms with van der Waals surface area (Å²) in [7, 11) is 0. The van der Waals surface area contributed by atoms with E-state index in [1.54, 1.807) is 6.92 Å². The third kappa shape index (κ3) is 3.19. The zero-order chi connectivity index (χ0) is 13.0. The molecule has 96 valence electrons. The molecule has 1 nitrogen and oxygen atoms in total. The van der Waals surface area contributed by atoms with Crippen LogP contribution in [-0.2, 0) is 0 Å². The fraction of sp³-hybridized carbons (Fsp3) is 0.333. The maximum absolute atomic E-state index is 13.4. The molecule has 3 heteroatoms. The van der Waals surface area contributed by atoms with Gasteiger partial charge >= 0.3 is 0 Å². The van der Waals surface area contributed by atoms with Crippen molar-refractivity contribution >= 4 is 0 Å². The van der Waals surface area contributed by atoms with Crippen molar-refractivity contribution in [3.8, 4) is 5.75 Å². The summed E-state index contributed by atoms with van der Waals surface area (Å²) < 4.78 is 32.1. The zero-order valence-corrected chi connectivity index (χ0v) is 10.3. The van der Waals surface area contributed by atoms with Crippen molar-refractivity contribution in [3.63, 3.8) is 0 Å². The lowest BCUT2D eigenvalue weighted by Gasteiger charge is -2.21. The molecule has 1 aromatic rings. The third-order valence-corrected chi connectivity index (χ3v) is 3.11. The molecule has 1 aliphatic rings. The fourth-order valence-electron chi connectivity index (χ4n) is 1.96. The molecular weight excluding hydrogens is 234 g/mol. The predicted octanol–water partition coefficient (Wildman–Crippen LogP) is 4.22. The van der Waals surface area contributed by atoms with Gasteiger partial charge in [0.05, 0.1) is 6.61 Å². The van der Waals surface area contributed by atoms with Crippen molar-refractivity contribution in [1.82, 2.24) is 0 Å². The van der Waals surface area contributed by atoms with Crippen LogP contribution in [0.3, 0.4) is 0 Å². The highest BCUT2D eigenvalue weighted by molar-refractivity contribution is 5.28. The predicted molar refractivity (Wildman–Crippen MR) is 67.9 cm³/mol. The molecule has 2 atom stereocenters. The van der Waals surface area contributed by atoms with Crippen LogP contribution < -0.4 is 4.74 Å². The van der Waals surface area contributed by atoms with Gasteiger partial charge in [-0.25, -0.2) is 8.78 Å². The van der Waals surface area contributed by atoms with E-state index >= 15 is 0 Å². The molecule has 2 unspecified atom stereocenters. The maximum Gasteiger partial charge on any atom is 0.128 e. The first kappa shape index (κ1) is 12.8. The molecule has 2 rings (SSSR count). The summed E-state index contributed by atoms with van der Waals surface area (Å²) in [5.74, 6) is 0.00793. The molecule has 0 spiro atoms. The van der Waals surface area contributed by atoms with E-state index in [0.29, 0.717) is 13.0 Å². The van der Waals surface area contributed by atoms with Crippen LogP contribution in [0.2, 0.25) is 0 Å². The summed E-state index contributed by atoms with van der Waals surface area (Å²) in [5, 5.41) is 0. The Morgan fingerprint density at radius 1 is 1.22 bits per heavy atom. The highest BCUT2D eigenvalue weighted by Gasteiger charge is 2.23. The first-order valence-corrected chi connectivity index (χ1v) is 6.06. The molecule has 0 saturated carbocycles. The van der Waals surface area contributed by atoms with E-state index in [2.05, 4.69) is 0 Å². The van der Waals surface area contributed by atoms with Gasteiger partial charge in [-0.1, -0.05) is 30.7 Å². The van der Waals surface area contributed by atoms with Crippen LogP contribution >= 0.6 is 0 Å². The van der Waals surface area contributed by atoms with Gasteiger partial charge in [0, 0.05) is 12.3 Å². The Hall–Kier alpha value is -1.64.